The molecule has 2 aliphatic rings. The van der Waals surface area contributed by atoms with E-state index in [9.17, 15) is 9.90 Å². The lowest BCUT2D eigenvalue weighted by Crippen LogP contribution is -2.45. The number of rotatable bonds is 2. The Labute approximate surface area is 94.7 Å². The van der Waals surface area contributed by atoms with Crippen molar-refractivity contribution < 1.29 is 9.90 Å². The van der Waals surface area contributed by atoms with Crippen molar-refractivity contribution in [2.24, 2.45) is 5.92 Å². The molecule has 2 heterocycles. The van der Waals surface area contributed by atoms with Crippen LogP contribution >= 0.6 is 0 Å². The average molecular weight is 217 g/mol. The lowest BCUT2D eigenvalue weighted by atomic mass is 9.92. The largest absolute Gasteiger partial charge is 0.388 e. The Morgan fingerprint density at radius 2 is 2.06 bits per heavy atom. The predicted octanol–water partition coefficient (Wildman–Crippen LogP) is 1.34. The Balaban J connectivity index is 1.81. The van der Waals surface area contributed by atoms with Crippen LogP contribution in [0.5, 0.6) is 0 Å². The van der Waals surface area contributed by atoms with E-state index in [1.54, 1.807) is 0 Å². The summed E-state index contributed by atoms with van der Waals surface area (Å²) in [7, 11) is 0. The van der Waals surface area contributed by atoms with Gasteiger partial charge in [-0.2, -0.15) is 0 Å². The van der Waals surface area contributed by atoms with E-state index in [0.717, 1.165) is 24.9 Å². The van der Waals surface area contributed by atoms with Gasteiger partial charge in [-0.25, -0.2) is 0 Å². The molecule has 3 atom stereocenters. The Hall–Kier alpha value is -1.35. The topological polar surface area (TPSA) is 40.5 Å². The van der Waals surface area contributed by atoms with Gasteiger partial charge in [-0.05, 0) is 18.4 Å². The van der Waals surface area contributed by atoms with Crippen LogP contribution in [0.3, 0.4) is 0 Å². The van der Waals surface area contributed by atoms with Gasteiger partial charge in [0.1, 0.15) is 0 Å². The first-order chi connectivity index (χ1) is 7.77. The smallest absolute Gasteiger partial charge is 0.228 e. The molecule has 0 aliphatic carbocycles. The maximum absolute atomic E-state index is 11.9. The number of amides is 1. The zero-order valence-corrected chi connectivity index (χ0v) is 9.04. The number of hydrogen-bond donors (Lipinski definition) is 1. The fourth-order valence-electron chi connectivity index (χ4n) is 2.73. The van der Waals surface area contributed by atoms with Crippen LogP contribution in [0.15, 0.2) is 30.3 Å². The molecule has 0 radical (unpaired) electrons. The third-order valence-corrected chi connectivity index (χ3v) is 3.79. The van der Waals surface area contributed by atoms with Crippen molar-refractivity contribution in [3.8, 4) is 0 Å². The first-order valence-electron chi connectivity index (χ1n) is 5.81. The minimum absolute atomic E-state index is 0.132. The highest BCUT2D eigenvalue weighted by Gasteiger charge is 2.47. The molecule has 3 nitrogen and oxygen atoms in total. The van der Waals surface area contributed by atoms with E-state index in [1.807, 2.05) is 35.2 Å². The maximum Gasteiger partial charge on any atom is 0.228 e. The number of benzene rings is 1. The summed E-state index contributed by atoms with van der Waals surface area (Å²) >= 11 is 0. The van der Waals surface area contributed by atoms with Gasteiger partial charge in [0.05, 0.1) is 12.0 Å². The van der Waals surface area contributed by atoms with Gasteiger partial charge in [-0.3, -0.25) is 4.79 Å². The van der Waals surface area contributed by atoms with Crippen LogP contribution in [0.1, 0.15) is 24.5 Å². The number of hydrogen-bond acceptors (Lipinski definition) is 2. The summed E-state index contributed by atoms with van der Waals surface area (Å²) < 4.78 is 0. The van der Waals surface area contributed by atoms with Crippen LogP contribution in [0.2, 0.25) is 0 Å². The molecule has 0 bridgehead atoms. The van der Waals surface area contributed by atoms with Gasteiger partial charge in [0.25, 0.3) is 0 Å². The van der Waals surface area contributed by atoms with Crippen LogP contribution in [-0.2, 0) is 4.79 Å². The van der Waals surface area contributed by atoms with Crippen LogP contribution in [0.4, 0.5) is 0 Å². The summed E-state index contributed by atoms with van der Waals surface area (Å²) in [6, 6.07) is 9.87. The van der Waals surface area contributed by atoms with Gasteiger partial charge >= 0.3 is 0 Å². The molecular weight excluding hydrogens is 202 g/mol. The molecule has 0 aromatic heterocycles. The highest BCUT2D eigenvalue weighted by Crippen LogP contribution is 2.39. The monoisotopic (exact) mass is 217 g/mol. The van der Waals surface area contributed by atoms with Crippen molar-refractivity contribution in [2.45, 2.75) is 25.0 Å². The molecule has 0 spiro atoms. The highest BCUT2D eigenvalue weighted by atomic mass is 16.3. The van der Waals surface area contributed by atoms with Crippen molar-refractivity contribution in [3.05, 3.63) is 35.9 Å². The predicted molar refractivity (Wildman–Crippen MR) is 59.6 cm³/mol. The van der Waals surface area contributed by atoms with Crippen LogP contribution in [0.25, 0.3) is 0 Å². The van der Waals surface area contributed by atoms with Gasteiger partial charge in [0.15, 0.2) is 0 Å². The lowest BCUT2D eigenvalue weighted by Gasteiger charge is -2.34. The SMILES string of the molecule is O=C1[C@H]([C@H](O)c2ccccc2)C[C@@H]2CCN12. The summed E-state index contributed by atoms with van der Waals surface area (Å²) in [4.78, 5) is 13.8. The average Bonchev–Trinajstić information content (AvgIpc) is 2.49. The second-order valence-corrected chi connectivity index (χ2v) is 4.67. The molecule has 0 saturated carbocycles. The third-order valence-electron chi connectivity index (χ3n) is 3.79. The standard InChI is InChI=1S/C13H15NO2/c15-12(9-4-2-1-3-5-9)11-8-10-6-7-14(10)13(11)16/h1-5,10-12,15H,6-8H2/t10-,11-,12+/m0/s1. The van der Waals surface area contributed by atoms with E-state index in [2.05, 4.69) is 0 Å². The first kappa shape index (κ1) is 9.85. The van der Waals surface area contributed by atoms with Crippen molar-refractivity contribution in [1.82, 2.24) is 4.90 Å². The van der Waals surface area contributed by atoms with Gasteiger partial charge in [-0.1, -0.05) is 30.3 Å². The number of carbonyl (C=O) groups excluding carboxylic acids is 1. The second-order valence-electron chi connectivity index (χ2n) is 4.67. The van der Waals surface area contributed by atoms with Crippen molar-refractivity contribution in [3.63, 3.8) is 0 Å². The Morgan fingerprint density at radius 1 is 1.31 bits per heavy atom. The summed E-state index contributed by atoms with van der Waals surface area (Å²) in [6.45, 7) is 0.876. The number of aliphatic hydroxyl groups is 1. The fourth-order valence-corrected chi connectivity index (χ4v) is 2.73. The van der Waals surface area contributed by atoms with E-state index < -0.39 is 6.10 Å². The number of nitrogens with zero attached hydrogens (tertiary/aromatic N) is 1. The molecule has 2 saturated heterocycles. The summed E-state index contributed by atoms with van der Waals surface area (Å²) in [5.41, 5.74) is 0.850. The quantitative estimate of drug-likeness (QED) is 0.812. The fraction of sp³-hybridized carbons (Fsp3) is 0.462. The van der Waals surface area contributed by atoms with Crippen LogP contribution in [-0.4, -0.2) is 28.5 Å². The van der Waals surface area contributed by atoms with Crippen LogP contribution in [0, 0.1) is 5.92 Å². The zero-order valence-electron chi connectivity index (χ0n) is 9.04. The van der Waals surface area contributed by atoms with E-state index >= 15 is 0 Å². The Bertz CT molecular complexity index is 404. The third kappa shape index (κ3) is 1.35. The van der Waals surface area contributed by atoms with Gasteiger partial charge in [-0.15, -0.1) is 0 Å². The lowest BCUT2D eigenvalue weighted by molar-refractivity contribution is -0.137. The van der Waals surface area contributed by atoms with Crippen molar-refractivity contribution in [2.75, 3.05) is 6.54 Å². The van der Waals surface area contributed by atoms with Crippen molar-refractivity contribution >= 4 is 5.91 Å². The zero-order chi connectivity index (χ0) is 11.1. The maximum atomic E-state index is 11.9. The molecular formula is C13H15NO2. The molecule has 16 heavy (non-hydrogen) atoms. The molecule has 3 rings (SSSR count). The molecule has 1 N–H and O–H groups in total. The molecule has 1 amide bonds. The molecule has 1 aromatic carbocycles. The minimum Gasteiger partial charge on any atom is -0.388 e. The summed E-state index contributed by atoms with van der Waals surface area (Å²) in [5.74, 6) is -0.0949. The normalized spacial score (nSPS) is 29.8. The van der Waals surface area contributed by atoms with E-state index in [0.29, 0.717) is 6.04 Å². The Morgan fingerprint density at radius 3 is 2.56 bits per heavy atom. The molecule has 2 fully saturated rings. The first-order valence-corrected chi connectivity index (χ1v) is 5.81. The van der Waals surface area contributed by atoms with E-state index in [1.165, 1.54) is 0 Å². The number of carbonyl (C=O) groups is 1. The minimum atomic E-state index is -0.640. The van der Waals surface area contributed by atoms with E-state index in [-0.39, 0.29) is 11.8 Å². The molecule has 2 aliphatic heterocycles. The number of fused-ring (bicyclic) bond motifs is 1. The summed E-state index contributed by atoms with van der Waals surface area (Å²) in [5, 5.41) is 10.2. The van der Waals surface area contributed by atoms with E-state index in [4.69, 9.17) is 0 Å². The molecule has 3 heteroatoms. The Kier molecular flexibility index (Phi) is 2.21. The second kappa shape index (κ2) is 3.59. The van der Waals surface area contributed by atoms with Gasteiger partial charge < -0.3 is 10.0 Å². The van der Waals surface area contributed by atoms with Gasteiger partial charge in [0.2, 0.25) is 5.91 Å². The summed E-state index contributed by atoms with van der Waals surface area (Å²) in [6.07, 6.45) is 1.28. The molecule has 1 aromatic rings. The van der Waals surface area contributed by atoms with Gasteiger partial charge in [0, 0.05) is 12.6 Å². The number of aliphatic hydroxyl groups excluding tert-OH is 1. The molecule has 84 valence electrons. The van der Waals surface area contributed by atoms with Crippen LogP contribution < -0.4 is 0 Å². The van der Waals surface area contributed by atoms with Crippen molar-refractivity contribution in [1.29, 1.82) is 0 Å². The highest BCUT2D eigenvalue weighted by molar-refractivity contribution is 5.83. The molecule has 0 unspecified atom stereocenters.